The van der Waals surface area contributed by atoms with E-state index in [4.69, 9.17) is 0 Å². The average molecular weight is 484 g/mol. The molecule has 34 heavy (non-hydrogen) atoms. The third-order valence-electron chi connectivity index (χ3n) is 6.76. The Morgan fingerprint density at radius 3 is 2.62 bits per heavy atom. The summed E-state index contributed by atoms with van der Waals surface area (Å²) in [6, 6.07) is 13.0. The van der Waals surface area contributed by atoms with Crippen molar-refractivity contribution in [2.24, 2.45) is 5.92 Å². The third kappa shape index (κ3) is 4.95. The number of hydrogen-bond donors (Lipinski definition) is 1. The number of nitrogens with zero attached hydrogens (tertiary/aromatic N) is 4. The van der Waals surface area contributed by atoms with E-state index < -0.39 is 12.2 Å². The fraction of sp³-hybridized carbons (Fsp3) is 0.480. The van der Waals surface area contributed by atoms with E-state index in [0.29, 0.717) is 19.6 Å². The lowest BCUT2D eigenvalue weighted by atomic mass is 9.92. The second-order valence-electron chi connectivity index (χ2n) is 9.03. The number of benzene rings is 1. The molecule has 2 fully saturated rings. The molecule has 0 saturated carbocycles. The molecule has 0 aliphatic carbocycles. The van der Waals surface area contributed by atoms with Gasteiger partial charge in [-0.3, -0.25) is 9.59 Å². The molecule has 182 valence electrons. The van der Waals surface area contributed by atoms with E-state index in [1.807, 2.05) is 60.5 Å². The van der Waals surface area contributed by atoms with Gasteiger partial charge in [-0.05, 0) is 29.3 Å². The predicted octanol–water partition coefficient (Wildman–Crippen LogP) is 2.77. The summed E-state index contributed by atoms with van der Waals surface area (Å²) < 4.78 is 0. The van der Waals surface area contributed by atoms with Gasteiger partial charge in [0.15, 0.2) is 0 Å². The molecule has 9 heteroatoms. The minimum absolute atomic E-state index is 0.0128. The molecule has 1 N–H and O–H groups in total. The van der Waals surface area contributed by atoms with Crippen LogP contribution in [0.3, 0.4) is 0 Å². The van der Waals surface area contributed by atoms with Crippen molar-refractivity contribution in [1.29, 1.82) is 0 Å². The Bertz CT molecular complexity index is 999. The largest absolute Gasteiger partial charge is 0.337 e. The van der Waals surface area contributed by atoms with Crippen molar-refractivity contribution in [1.82, 2.24) is 25.1 Å². The van der Waals surface area contributed by atoms with Crippen molar-refractivity contribution in [3.8, 4) is 0 Å². The van der Waals surface area contributed by atoms with Crippen LogP contribution in [0.4, 0.5) is 4.79 Å². The van der Waals surface area contributed by atoms with Gasteiger partial charge in [0.2, 0.25) is 11.8 Å². The molecule has 3 heterocycles. The molecular formula is C25H33N5O3S. The van der Waals surface area contributed by atoms with Crippen LogP contribution < -0.4 is 5.32 Å². The Labute approximate surface area is 205 Å². The number of carbonyl (C=O) groups excluding carboxylic acids is 3. The number of nitrogens with one attached hydrogen (secondary N) is 1. The topological polar surface area (TPSA) is 76.2 Å². The maximum atomic E-state index is 13.6. The minimum Gasteiger partial charge on any atom is -0.337 e. The van der Waals surface area contributed by atoms with E-state index in [0.717, 1.165) is 18.4 Å². The molecule has 2 aliphatic heterocycles. The molecule has 1 aromatic heterocycles. The van der Waals surface area contributed by atoms with Crippen LogP contribution in [0, 0.1) is 5.92 Å². The summed E-state index contributed by atoms with van der Waals surface area (Å²) in [7, 11) is 1.75. The van der Waals surface area contributed by atoms with Crippen LogP contribution in [0.5, 0.6) is 0 Å². The van der Waals surface area contributed by atoms with Crippen molar-refractivity contribution in [3.05, 3.63) is 58.3 Å². The summed E-state index contributed by atoms with van der Waals surface area (Å²) in [5, 5.41) is 8.31. The number of urea groups is 1. The normalized spacial score (nSPS) is 22.0. The third-order valence-corrected chi connectivity index (χ3v) is 7.69. The van der Waals surface area contributed by atoms with E-state index in [1.165, 1.54) is 4.88 Å². The van der Waals surface area contributed by atoms with Gasteiger partial charge in [-0.25, -0.2) is 14.8 Å². The van der Waals surface area contributed by atoms with Crippen LogP contribution in [0.15, 0.2) is 47.8 Å². The Kier molecular flexibility index (Phi) is 7.53. The SMILES string of the molecule is CCC(C)[C@H]1C(=O)N(CCc2cccs2)CC2N1C(=O)CN(C)N2C(=O)NCc1ccccc1. The second kappa shape index (κ2) is 10.6. The maximum absolute atomic E-state index is 13.6. The van der Waals surface area contributed by atoms with Crippen molar-refractivity contribution in [2.45, 2.75) is 45.4 Å². The van der Waals surface area contributed by atoms with Crippen molar-refractivity contribution in [3.63, 3.8) is 0 Å². The second-order valence-corrected chi connectivity index (χ2v) is 10.1. The minimum atomic E-state index is -0.572. The first kappa shape index (κ1) is 24.2. The zero-order valence-electron chi connectivity index (χ0n) is 20.0. The summed E-state index contributed by atoms with van der Waals surface area (Å²) in [6.45, 7) is 5.35. The van der Waals surface area contributed by atoms with Gasteiger partial charge in [0.1, 0.15) is 12.2 Å². The van der Waals surface area contributed by atoms with Crippen molar-refractivity contribution in [2.75, 3.05) is 26.7 Å². The molecule has 1 aromatic carbocycles. The lowest BCUT2D eigenvalue weighted by molar-refractivity contribution is -0.190. The van der Waals surface area contributed by atoms with Gasteiger partial charge in [-0.2, -0.15) is 0 Å². The van der Waals surface area contributed by atoms with Crippen LogP contribution in [0.25, 0.3) is 0 Å². The lowest BCUT2D eigenvalue weighted by Crippen LogP contribution is -2.76. The quantitative estimate of drug-likeness (QED) is 0.657. The molecule has 2 aliphatic rings. The average Bonchev–Trinajstić information content (AvgIpc) is 3.35. The molecule has 4 amide bonds. The number of hydrogen-bond acceptors (Lipinski definition) is 5. The zero-order chi connectivity index (χ0) is 24.2. The molecule has 4 rings (SSSR count). The Balaban J connectivity index is 1.58. The van der Waals surface area contributed by atoms with Crippen molar-refractivity contribution < 1.29 is 14.4 Å². The Morgan fingerprint density at radius 1 is 1.18 bits per heavy atom. The monoisotopic (exact) mass is 483 g/mol. The summed E-state index contributed by atoms with van der Waals surface area (Å²) in [4.78, 5) is 44.8. The first-order chi connectivity index (χ1) is 16.4. The van der Waals surface area contributed by atoms with Gasteiger partial charge in [0, 0.05) is 25.0 Å². The molecule has 8 nitrogen and oxygen atoms in total. The summed E-state index contributed by atoms with van der Waals surface area (Å²) >= 11 is 1.67. The van der Waals surface area contributed by atoms with E-state index in [9.17, 15) is 14.4 Å². The number of amides is 4. The highest BCUT2D eigenvalue weighted by molar-refractivity contribution is 7.09. The maximum Gasteiger partial charge on any atom is 0.334 e. The number of piperazine rings is 1. The number of rotatable bonds is 7. The molecule has 2 unspecified atom stereocenters. The Morgan fingerprint density at radius 2 is 1.94 bits per heavy atom. The zero-order valence-corrected chi connectivity index (χ0v) is 20.8. The van der Waals surface area contributed by atoms with Crippen molar-refractivity contribution >= 4 is 29.2 Å². The van der Waals surface area contributed by atoms with Gasteiger partial charge >= 0.3 is 6.03 Å². The van der Waals surface area contributed by atoms with Gasteiger partial charge in [-0.1, -0.05) is 56.7 Å². The summed E-state index contributed by atoms with van der Waals surface area (Å²) in [5.41, 5.74) is 0.998. The van der Waals surface area contributed by atoms with Crippen LogP contribution in [-0.4, -0.2) is 76.6 Å². The molecular weight excluding hydrogens is 450 g/mol. The predicted molar refractivity (Wildman–Crippen MR) is 132 cm³/mol. The molecule has 0 spiro atoms. The van der Waals surface area contributed by atoms with Crippen LogP contribution in [0.2, 0.25) is 0 Å². The lowest BCUT2D eigenvalue weighted by Gasteiger charge is -2.55. The highest BCUT2D eigenvalue weighted by Gasteiger charge is 2.51. The fourth-order valence-corrected chi connectivity index (χ4v) is 5.45. The van der Waals surface area contributed by atoms with E-state index >= 15 is 0 Å². The molecule has 3 atom stereocenters. The summed E-state index contributed by atoms with van der Waals surface area (Å²) in [6.07, 6.45) is 0.983. The van der Waals surface area contributed by atoms with E-state index in [-0.39, 0.29) is 30.3 Å². The highest BCUT2D eigenvalue weighted by Crippen LogP contribution is 2.30. The number of hydrazine groups is 1. The standard InChI is InChI=1S/C25H33N5O3S/c1-4-18(2)23-24(32)28(13-12-20-11-8-14-34-20)16-21-29(23)22(31)17-27(3)30(21)25(33)26-15-19-9-6-5-7-10-19/h5-11,14,18,21,23H,4,12-13,15-17H2,1-3H3,(H,26,33)/t18?,21?,23-/m0/s1. The van der Waals surface area contributed by atoms with Gasteiger partial charge < -0.3 is 15.1 Å². The Hall–Kier alpha value is -2.91. The van der Waals surface area contributed by atoms with E-state index in [1.54, 1.807) is 33.3 Å². The first-order valence-corrected chi connectivity index (χ1v) is 12.7. The number of thiophene rings is 1. The van der Waals surface area contributed by atoms with Crippen LogP contribution in [0.1, 0.15) is 30.7 Å². The number of carbonyl (C=O) groups is 3. The van der Waals surface area contributed by atoms with Crippen LogP contribution in [-0.2, 0) is 22.6 Å². The molecule has 2 saturated heterocycles. The first-order valence-electron chi connectivity index (χ1n) is 11.8. The smallest absolute Gasteiger partial charge is 0.334 e. The number of fused-ring (bicyclic) bond motifs is 1. The number of likely N-dealkylation sites (N-methyl/N-ethyl adjacent to an activating group) is 1. The van der Waals surface area contributed by atoms with Crippen LogP contribution >= 0.6 is 11.3 Å². The van der Waals surface area contributed by atoms with Gasteiger partial charge in [0.25, 0.3) is 0 Å². The highest BCUT2D eigenvalue weighted by atomic mass is 32.1. The molecule has 0 bridgehead atoms. The van der Waals surface area contributed by atoms with Gasteiger partial charge in [0.05, 0.1) is 13.1 Å². The van der Waals surface area contributed by atoms with E-state index in [2.05, 4.69) is 11.4 Å². The summed E-state index contributed by atoms with van der Waals surface area (Å²) in [5.74, 6) is -0.151. The molecule has 0 radical (unpaired) electrons. The van der Waals surface area contributed by atoms with Gasteiger partial charge in [-0.15, -0.1) is 11.3 Å². The molecule has 2 aromatic rings. The fourth-order valence-electron chi connectivity index (χ4n) is 4.75.